The van der Waals surface area contributed by atoms with Crippen molar-refractivity contribution in [1.82, 2.24) is 4.98 Å². The van der Waals surface area contributed by atoms with Crippen LogP contribution in [0.1, 0.15) is 49.4 Å². The molecule has 0 aliphatic carbocycles. The first kappa shape index (κ1) is 16.9. The van der Waals surface area contributed by atoms with E-state index in [4.69, 9.17) is 4.42 Å². The van der Waals surface area contributed by atoms with Crippen LogP contribution in [0.15, 0.2) is 32.8 Å². The number of nitrogens with zero attached hydrogens (tertiary/aromatic N) is 1. The number of benzene rings is 1. The molecule has 0 aliphatic rings. The first-order valence-corrected chi connectivity index (χ1v) is 9.46. The van der Waals surface area contributed by atoms with E-state index in [0.717, 1.165) is 22.5 Å². The van der Waals surface area contributed by atoms with E-state index in [-0.39, 0.29) is 5.63 Å². The summed E-state index contributed by atoms with van der Waals surface area (Å²) < 4.78 is 5.55. The Morgan fingerprint density at radius 1 is 1.12 bits per heavy atom. The van der Waals surface area contributed by atoms with Crippen molar-refractivity contribution >= 4 is 22.3 Å². The Morgan fingerprint density at radius 3 is 2.67 bits per heavy atom. The summed E-state index contributed by atoms with van der Waals surface area (Å²) in [6, 6.07) is 6.08. The Labute approximate surface area is 146 Å². The number of unbranched alkanes of at least 4 members (excludes halogenated alkanes) is 3. The third kappa shape index (κ3) is 3.59. The van der Waals surface area contributed by atoms with Crippen LogP contribution in [0.25, 0.3) is 21.5 Å². The van der Waals surface area contributed by atoms with E-state index >= 15 is 0 Å². The van der Waals surface area contributed by atoms with Gasteiger partial charge in [0.15, 0.2) is 0 Å². The standard InChI is InChI=1S/C20H23NO2S/c1-4-5-6-7-8-15-10-16-11-17(19-21-14(3)12-24-19)20(22)23-18(16)9-13(15)2/h9-12H,4-8H2,1-3H3. The van der Waals surface area contributed by atoms with Crippen LogP contribution < -0.4 is 5.63 Å². The van der Waals surface area contributed by atoms with Gasteiger partial charge in [0.25, 0.3) is 0 Å². The fourth-order valence-corrected chi connectivity index (χ4v) is 3.75. The summed E-state index contributed by atoms with van der Waals surface area (Å²) in [7, 11) is 0. The highest BCUT2D eigenvalue weighted by molar-refractivity contribution is 7.13. The second kappa shape index (κ2) is 7.31. The third-order valence-corrected chi connectivity index (χ3v) is 5.33. The van der Waals surface area contributed by atoms with Gasteiger partial charge in [-0.15, -0.1) is 11.3 Å². The quantitative estimate of drug-likeness (QED) is 0.429. The summed E-state index contributed by atoms with van der Waals surface area (Å²) in [5.74, 6) is 0. The predicted octanol–water partition coefficient (Wildman–Crippen LogP) is 5.66. The van der Waals surface area contributed by atoms with Crippen LogP contribution in [0.2, 0.25) is 0 Å². The van der Waals surface area contributed by atoms with Crippen molar-refractivity contribution in [2.75, 3.05) is 0 Å². The molecule has 0 unspecified atom stereocenters. The molecular weight excluding hydrogens is 318 g/mol. The molecular formula is C20H23NO2S. The van der Waals surface area contributed by atoms with Crippen LogP contribution in [0.3, 0.4) is 0 Å². The molecule has 0 saturated carbocycles. The lowest BCUT2D eigenvalue weighted by molar-refractivity contribution is 0.563. The van der Waals surface area contributed by atoms with Gasteiger partial charge in [0.05, 0.1) is 5.56 Å². The Morgan fingerprint density at radius 2 is 1.96 bits per heavy atom. The molecule has 0 fully saturated rings. The number of thiazole rings is 1. The van der Waals surface area contributed by atoms with Gasteiger partial charge in [0.2, 0.25) is 0 Å². The molecule has 24 heavy (non-hydrogen) atoms. The Bertz CT molecular complexity index is 908. The Kier molecular flexibility index (Phi) is 5.14. The number of hydrogen-bond donors (Lipinski definition) is 0. The zero-order valence-corrected chi connectivity index (χ0v) is 15.3. The first-order chi connectivity index (χ1) is 11.6. The van der Waals surface area contributed by atoms with Gasteiger partial charge in [-0.05, 0) is 56.0 Å². The molecule has 3 aromatic rings. The van der Waals surface area contributed by atoms with Crippen molar-refractivity contribution in [2.45, 2.75) is 52.9 Å². The van der Waals surface area contributed by atoms with E-state index in [1.165, 1.54) is 48.1 Å². The maximum atomic E-state index is 12.3. The predicted molar refractivity (Wildman–Crippen MR) is 101 cm³/mol. The average Bonchev–Trinajstić information content (AvgIpc) is 2.98. The molecule has 0 radical (unpaired) electrons. The van der Waals surface area contributed by atoms with Crippen molar-refractivity contribution in [3.05, 3.63) is 50.8 Å². The zero-order valence-electron chi connectivity index (χ0n) is 14.5. The zero-order chi connectivity index (χ0) is 17.1. The van der Waals surface area contributed by atoms with Crippen LogP contribution in [-0.4, -0.2) is 4.98 Å². The largest absolute Gasteiger partial charge is 0.422 e. The highest BCUT2D eigenvalue weighted by Crippen LogP contribution is 2.26. The molecule has 1 aromatic carbocycles. The van der Waals surface area contributed by atoms with Crippen molar-refractivity contribution in [3.63, 3.8) is 0 Å². The minimum atomic E-state index is -0.313. The van der Waals surface area contributed by atoms with Gasteiger partial charge >= 0.3 is 5.63 Å². The molecule has 2 heterocycles. The van der Waals surface area contributed by atoms with E-state index in [1.807, 2.05) is 24.4 Å². The lowest BCUT2D eigenvalue weighted by atomic mass is 9.99. The molecule has 0 amide bonds. The molecule has 0 spiro atoms. The van der Waals surface area contributed by atoms with E-state index < -0.39 is 0 Å². The molecule has 3 nitrogen and oxygen atoms in total. The highest BCUT2D eigenvalue weighted by atomic mass is 32.1. The molecule has 4 heteroatoms. The van der Waals surface area contributed by atoms with E-state index in [9.17, 15) is 4.79 Å². The van der Waals surface area contributed by atoms with Gasteiger partial charge in [0.1, 0.15) is 10.6 Å². The minimum Gasteiger partial charge on any atom is -0.422 e. The normalized spacial score (nSPS) is 11.3. The third-order valence-electron chi connectivity index (χ3n) is 4.34. The number of fused-ring (bicyclic) bond motifs is 1. The summed E-state index contributed by atoms with van der Waals surface area (Å²) in [6.45, 7) is 6.25. The van der Waals surface area contributed by atoms with Gasteiger partial charge in [-0.1, -0.05) is 26.2 Å². The molecule has 0 bridgehead atoms. The van der Waals surface area contributed by atoms with Gasteiger partial charge in [-0.25, -0.2) is 9.78 Å². The fourth-order valence-electron chi connectivity index (χ4n) is 2.95. The molecule has 0 atom stereocenters. The van der Waals surface area contributed by atoms with Crippen LogP contribution in [-0.2, 0) is 6.42 Å². The van der Waals surface area contributed by atoms with Gasteiger partial charge in [-0.3, -0.25) is 0 Å². The topological polar surface area (TPSA) is 43.1 Å². The van der Waals surface area contributed by atoms with Crippen molar-refractivity contribution in [1.29, 1.82) is 0 Å². The monoisotopic (exact) mass is 341 g/mol. The Balaban J connectivity index is 1.97. The molecule has 0 aliphatic heterocycles. The SMILES string of the molecule is CCCCCCc1cc2cc(-c3nc(C)cs3)c(=O)oc2cc1C. The summed E-state index contributed by atoms with van der Waals surface area (Å²) in [4.78, 5) is 16.7. The van der Waals surface area contributed by atoms with Crippen molar-refractivity contribution in [2.24, 2.45) is 0 Å². The number of aryl methyl sites for hydroxylation is 3. The van der Waals surface area contributed by atoms with Gasteiger partial charge in [-0.2, -0.15) is 0 Å². The highest BCUT2D eigenvalue weighted by Gasteiger charge is 2.12. The maximum Gasteiger partial charge on any atom is 0.346 e. The van der Waals surface area contributed by atoms with Crippen molar-refractivity contribution < 1.29 is 4.42 Å². The van der Waals surface area contributed by atoms with E-state index in [2.05, 4.69) is 24.9 Å². The van der Waals surface area contributed by atoms with Gasteiger partial charge < -0.3 is 4.42 Å². The molecule has 0 saturated heterocycles. The average molecular weight is 341 g/mol. The smallest absolute Gasteiger partial charge is 0.346 e. The Hall–Kier alpha value is -1.94. The van der Waals surface area contributed by atoms with Crippen molar-refractivity contribution in [3.8, 4) is 10.6 Å². The molecule has 3 rings (SSSR count). The fraction of sp³-hybridized carbons (Fsp3) is 0.400. The number of hydrogen-bond acceptors (Lipinski definition) is 4. The molecule has 2 aromatic heterocycles. The van der Waals surface area contributed by atoms with Crippen LogP contribution in [0, 0.1) is 13.8 Å². The van der Waals surface area contributed by atoms with E-state index in [0.29, 0.717) is 11.1 Å². The van der Waals surface area contributed by atoms with Crippen LogP contribution in [0.4, 0.5) is 0 Å². The molecule has 0 N–H and O–H groups in total. The number of rotatable bonds is 6. The van der Waals surface area contributed by atoms with Crippen LogP contribution in [0.5, 0.6) is 0 Å². The minimum absolute atomic E-state index is 0.313. The van der Waals surface area contributed by atoms with E-state index in [1.54, 1.807) is 0 Å². The first-order valence-electron chi connectivity index (χ1n) is 8.58. The maximum absolute atomic E-state index is 12.3. The molecule has 126 valence electrons. The summed E-state index contributed by atoms with van der Waals surface area (Å²) >= 11 is 1.48. The second-order valence-corrected chi connectivity index (χ2v) is 7.23. The lowest BCUT2D eigenvalue weighted by Gasteiger charge is -2.08. The second-order valence-electron chi connectivity index (χ2n) is 6.37. The summed E-state index contributed by atoms with van der Waals surface area (Å²) in [5.41, 5.74) is 4.36. The number of aromatic nitrogens is 1. The summed E-state index contributed by atoms with van der Waals surface area (Å²) in [5, 5.41) is 3.66. The van der Waals surface area contributed by atoms with Crippen LogP contribution >= 0.6 is 11.3 Å². The lowest BCUT2D eigenvalue weighted by Crippen LogP contribution is -2.03. The van der Waals surface area contributed by atoms with Gasteiger partial charge in [0, 0.05) is 16.5 Å². The summed E-state index contributed by atoms with van der Waals surface area (Å²) in [6.07, 6.45) is 6.08.